The third kappa shape index (κ3) is 1.66. The van der Waals surface area contributed by atoms with E-state index in [0.29, 0.717) is 34.1 Å². The number of benzene rings is 1. The number of rotatable bonds is 2. The zero-order valence-electron chi connectivity index (χ0n) is 9.75. The Labute approximate surface area is 103 Å². The molecule has 3 aromatic rings. The minimum Gasteiger partial charge on any atom is -0.494 e. The molecule has 1 aromatic carbocycles. The molecular weight excluding hydrogens is 230 g/mol. The van der Waals surface area contributed by atoms with Gasteiger partial charge in [0, 0.05) is 0 Å². The number of hydrogen-bond acceptors (Lipinski definition) is 5. The Morgan fingerprint density at radius 2 is 2.11 bits per heavy atom. The van der Waals surface area contributed by atoms with E-state index in [1.54, 1.807) is 25.4 Å². The fourth-order valence-corrected chi connectivity index (χ4v) is 1.73. The molecule has 0 saturated heterocycles. The number of nitrogen functional groups attached to an aromatic ring is 1. The second-order valence-electron chi connectivity index (χ2n) is 3.80. The van der Waals surface area contributed by atoms with E-state index in [1.807, 2.05) is 18.2 Å². The molecule has 0 saturated carbocycles. The highest BCUT2D eigenvalue weighted by atomic mass is 16.5. The zero-order valence-corrected chi connectivity index (χ0v) is 9.75. The van der Waals surface area contributed by atoms with E-state index < -0.39 is 0 Å². The second-order valence-corrected chi connectivity index (χ2v) is 3.80. The van der Waals surface area contributed by atoms with Gasteiger partial charge in [-0.1, -0.05) is 6.07 Å². The fourth-order valence-electron chi connectivity index (χ4n) is 1.73. The molecule has 0 aliphatic heterocycles. The summed E-state index contributed by atoms with van der Waals surface area (Å²) in [7, 11) is 1.60. The van der Waals surface area contributed by atoms with Crippen LogP contribution in [0.3, 0.4) is 0 Å². The molecule has 5 heteroatoms. The van der Waals surface area contributed by atoms with Crippen LogP contribution in [0.5, 0.6) is 5.75 Å². The second kappa shape index (κ2) is 4.03. The van der Waals surface area contributed by atoms with Crippen molar-refractivity contribution in [1.29, 1.82) is 0 Å². The van der Waals surface area contributed by atoms with Crippen molar-refractivity contribution in [2.75, 3.05) is 12.8 Å². The number of oxazole rings is 1. The Morgan fingerprint density at radius 1 is 1.22 bits per heavy atom. The summed E-state index contributed by atoms with van der Waals surface area (Å²) < 4.78 is 10.9. The fraction of sp³-hybridized carbons (Fsp3) is 0.0769. The Morgan fingerprint density at radius 3 is 2.83 bits per heavy atom. The van der Waals surface area contributed by atoms with Crippen LogP contribution in [-0.4, -0.2) is 17.1 Å². The first-order valence-corrected chi connectivity index (χ1v) is 5.43. The molecule has 90 valence electrons. The number of pyridine rings is 1. The van der Waals surface area contributed by atoms with Crippen LogP contribution >= 0.6 is 0 Å². The first-order chi connectivity index (χ1) is 8.78. The first-order valence-electron chi connectivity index (χ1n) is 5.43. The number of methoxy groups -OCH3 is 1. The van der Waals surface area contributed by atoms with Crippen LogP contribution in [0, 0.1) is 0 Å². The van der Waals surface area contributed by atoms with E-state index in [9.17, 15) is 0 Å². The van der Waals surface area contributed by atoms with Gasteiger partial charge in [-0.25, -0.2) is 9.97 Å². The van der Waals surface area contributed by atoms with Gasteiger partial charge in [-0.2, -0.15) is 0 Å². The quantitative estimate of drug-likeness (QED) is 0.746. The molecule has 0 fully saturated rings. The molecule has 18 heavy (non-hydrogen) atoms. The maximum Gasteiger partial charge on any atom is 0.246 e. The van der Waals surface area contributed by atoms with Crippen LogP contribution in [0.25, 0.3) is 22.7 Å². The van der Waals surface area contributed by atoms with Gasteiger partial charge in [0.1, 0.15) is 11.4 Å². The summed E-state index contributed by atoms with van der Waals surface area (Å²) in [5.74, 6) is 1.13. The van der Waals surface area contributed by atoms with Crippen molar-refractivity contribution >= 4 is 16.8 Å². The molecule has 0 unspecified atom stereocenters. The third-order valence-electron chi connectivity index (χ3n) is 2.61. The van der Waals surface area contributed by atoms with E-state index in [1.165, 1.54) is 0 Å². The van der Waals surface area contributed by atoms with Gasteiger partial charge in [-0.05, 0) is 24.3 Å². The lowest BCUT2D eigenvalue weighted by Crippen LogP contribution is -1.88. The molecular formula is C13H11N3O2. The number of fused-ring (bicyclic) bond motifs is 1. The summed E-state index contributed by atoms with van der Waals surface area (Å²) in [6.45, 7) is 0. The number of anilines is 1. The molecule has 2 heterocycles. The highest BCUT2D eigenvalue weighted by molar-refractivity contribution is 5.81. The molecule has 2 N–H and O–H groups in total. The van der Waals surface area contributed by atoms with E-state index >= 15 is 0 Å². The summed E-state index contributed by atoms with van der Waals surface area (Å²) in [5, 5.41) is 0. The van der Waals surface area contributed by atoms with E-state index in [0.717, 1.165) is 0 Å². The highest BCUT2D eigenvalue weighted by Gasteiger charge is 2.12. The standard InChI is InChI=1S/C13H11N3O2/c1-17-10-3-2-4-11-12(10)16-13(18-11)9-6-5-8(14)7-15-9/h2-7H,14H2,1H3. The van der Waals surface area contributed by atoms with Gasteiger partial charge >= 0.3 is 0 Å². The van der Waals surface area contributed by atoms with Gasteiger partial charge in [-0.15, -0.1) is 0 Å². The Bertz CT molecular complexity index is 689. The predicted octanol–water partition coefficient (Wildman–Crippen LogP) is 2.48. The Kier molecular flexibility index (Phi) is 2.37. The third-order valence-corrected chi connectivity index (χ3v) is 2.61. The smallest absolute Gasteiger partial charge is 0.246 e. The molecule has 0 aliphatic rings. The zero-order chi connectivity index (χ0) is 12.5. The van der Waals surface area contributed by atoms with Crippen LogP contribution in [0.15, 0.2) is 40.9 Å². The minimum atomic E-state index is 0.453. The van der Waals surface area contributed by atoms with Gasteiger partial charge < -0.3 is 14.9 Å². The normalized spacial score (nSPS) is 10.7. The number of ether oxygens (including phenoxy) is 1. The van der Waals surface area contributed by atoms with Crippen LogP contribution in [0.1, 0.15) is 0 Å². The highest BCUT2D eigenvalue weighted by Crippen LogP contribution is 2.29. The maximum atomic E-state index is 5.64. The van der Waals surface area contributed by atoms with E-state index in [2.05, 4.69) is 9.97 Å². The number of aromatic nitrogens is 2. The van der Waals surface area contributed by atoms with E-state index in [-0.39, 0.29) is 0 Å². The number of nitrogens with two attached hydrogens (primary N) is 1. The summed E-state index contributed by atoms with van der Waals surface area (Å²) in [6.07, 6.45) is 1.57. The van der Waals surface area contributed by atoms with Crippen molar-refractivity contribution in [2.24, 2.45) is 0 Å². The average molecular weight is 241 g/mol. The molecule has 0 atom stereocenters. The lowest BCUT2D eigenvalue weighted by Gasteiger charge is -1.96. The van der Waals surface area contributed by atoms with Crippen LogP contribution < -0.4 is 10.5 Å². The van der Waals surface area contributed by atoms with Crippen molar-refractivity contribution in [1.82, 2.24) is 9.97 Å². The number of hydrogen-bond donors (Lipinski definition) is 1. The average Bonchev–Trinajstić information content (AvgIpc) is 2.83. The van der Waals surface area contributed by atoms with Gasteiger partial charge in [0.15, 0.2) is 11.1 Å². The predicted molar refractivity (Wildman–Crippen MR) is 68.2 cm³/mol. The molecule has 5 nitrogen and oxygen atoms in total. The molecule has 2 aromatic heterocycles. The first kappa shape index (κ1) is 10.6. The molecule has 0 radical (unpaired) electrons. The van der Waals surface area contributed by atoms with Crippen molar-refractivity contribution in [3.63, 3.8) is 0 Å². The summed E-state index contributed by atoms with van der Waals surface area (Å²) in [5.41, 5.74) is 8.20. The van der Waals surface area contributed by atoms with Crippen molar-refractivity contribution in [2.45, 2.75) is 0 Å². The summed E-state index contributed by atoms with van der Waals surface area (Å²) >= 11 is 0. The van der Waals surface area contributed by atoms with E-state index in [4.69, 9.17) is 14.9 Å². The molecule has 0 amide bonds. The van der Waals surface area contributed by atoms with Gasteiger partial charge in [0.25, 0.3) is 0 Å². The topological polar surface area (TPSA) is 74.2 Å². The number of para-hydroxylation sites is 1. The molecule has 0 bridgehead atoms. The molecule has 3 rings (SSSR count). The molecule has 0 aliphatic carbocycles. The van der Waals surface area contributed by atoms with Crippen LogP contribution in [0.2, 0.25) is 0 Å². The lowest BCUT2D eigenvalue weighted by atomic mass is 10.3. The summed E-state index contributed by atoms with van der Waals surface area (Å²) in [4.78, 5) is 8.57. The van der Waals surface area contributed by atoms with Crippen molar-refractivity contribution in [3.8, 4) is 17.3 Å². The largest absolute Gasteiger partial charge is 0.494 e. The SMILES string of the molecule is COc1cccc2oc(-c3ccc(N)cn3)nc12. The van der Waals surface area contributed by atoms with Crippen LogP contribution in [-0.2, 0) is 0 Å². The van der Waals surface area contributed by atoms with Gasteiger partial charge in [-0.3, -0.25) is 0 Å². The molecule has 0 spiro atoms. The lowest BCUT2D eigenvalue weighted by molar-refractivity contribution is 0.419. The monoisotopic (exact) mass is 241 g/mol. The summed E-state index contributed by atoms with van der Waals surface area (Å²) in [6, 6.07) is 9.06. The van der Waals surface area contributed by atoms with Crippen molar-refractivity contribution < 1.29 is 9.15 Å². The van der Waals surface area contributed by atoms with Gasteiger partial charge in [0.2, 0.25) is 5.89 Å². The van der Waals surface area contributed by atoms with Crippen LogP contribution in [0.4, 0.5) is 5.69 Å². The Balaban J connectivity index is 2.16. The minimum absolute atomic E-state index is 0.453. The van der Waals surface area contributed by atoms with Gasteiger partial charge in [0.05, 0.1) is 19.0 Å². The number of nitrogens with zero attached hydrogens (tertiary/aromatic N) is 2. The Hall–Kier alpha value is -2.56. The van der Waals surface area contributed by atoms with Crippen molar-refractivity contribution in [3.05, 3.63) is 36.5 Å². The maximum absolute atomic E-state index is 5.64.